The zero-order valence-corrected chi connectivity index (χ0v) is 16.7. The second kappa shape index (κ2) is 7.69. The van der Waals surface area contributed by atoms with Gasteiger partial charge < -0.3 is 19.5 Å². The fraction of sp³-hybridized carbons (Fsp3) is 0.381. The van der Waals surface area contributed by atoms with Crippen molar-refractivity contribution in [3.8, 4) is 17.2 Å². The first-order valence-corrected chi connectivity index (χ1v) is 9.31. The van der Waals surface area contributed by atoms with Gasteiger partial charge in [0.2, 0.25) is 0 Å². The molecule has 2 aromatic carbocycles. The number of benzene rings is 2. The standard InChI is InChI=1S/C21H24ClNO4/c1-5-26-19-8-6-13(10-16(19)22)20(24)23-17-12-21(2,3)27-18-9-7-14(25-4)11-15(17)18/h6-11,17H,5,12H2,1-4H3,(H,23,24). The van der Waals surface area contributed by atoms with E-state index in [1.54, 1.807) is 25.3 Å². The van der Waals surface area contributed by atoms with E-state index in [1.165, 1.54) is 0 Å². The van der Waals surface area contributed by atoms with E-state index in [-0.39, 0.29) is 11.9 Å². The number of ether oxygens (including phenoxy) is 3. The Morgan fingerprint density at radius 3 is 2.74 bits per heavy atom. The molecule has 0 aliphatic carbocycles. The number of carbonyl (C=O) groups is 1. The molecule has 27 heavy (non-hydrogen) atoms. The number of fused-ring (bicyclic) bond motifs is 1. The maximum Gasteiger partial charge on any atom is 0.251 e. The maximum absolute atomic E-state index is 12.8. The minimum atomic E-state index is -0.393. The highest BCUT2D eigenvalue weighted by atomic mass is 35.5. The van der Waals surface area contributed by atoms with Crippen LogP contribution < -0.4 is 19.5 Å². The van der Waals surface area contributed by atoms with E-state index >= 15 is 0 Å². The number of methoxy groups -OCH3 is 1. The molecular weight excluding hydrogens is 366 g/mol. The highest BCUT2D eigenvalue weighted by Crippen LogP contribution is 2.41. The molecule has 0 saturated carbocycles. The molecule has 144 valence electrons. The lowest BCUT2D eigenvalue weighted by Gasteiger charge is -2.38. The van der Waals surface area contributed by atoms with E-state index < -0.39 is 5.60 Å². The highest BCUT2D eigenvalue weighted by Gasteiger charge is 2.35. The molecule has 0 radical (unpaired) electrons. The summed E-state index contributed by atoms with van der Waals surface area (Å²) < 4.78 is 16.8. The van der Waals surface area contributed by atoms with Gasteiger partial charge in [-0.3, -0.25) is 4.79 Å². The van der Waals surface area contributed by atoms with Crippen molar-refractivity contribution in [1.29, 1.82) is 0 Å². The van der Waals surface area contributed by atoms with Crippen molar-refractivity contribution in [3.63, 3.8) is 0 Å². The molecule has 1 N–H and O–H groups in total. The molecule has 3 rings (SSSR count). The molecule has 1 aliphatic heterocycles. The van der Waals surface area contributed by atoms with Gasteiger partial charge in [0.1, 0.15) is 22.8 Å². The Hall–Kier alpha value is -2.40. The molecule has 2 aromatic rings. The van der Waals surface area contributed by atoms with Crippen molar-refractivity contribution in [3.05, 3.63) is 52.5 Å². The van der Waals surface area contributed by atoms with Crippen molar-refractivity contribution in [2.75, 3.05) is 13.7 Å². The zero-order valence-electron chi connectivity index (χ0n) is 16.0. The first kappa shape index (κ1) is 19.4. The number of nitrogens with one attached hydrogen (secondary N) is 1. The van der Waals surface area contributed by atoms with Gasteiger partial charge in [0.25, 0.3) is 5.91 Å². The average Bonchev–Trinajstić information content (AvgIpc) is 2.62. The average molecular weight is 390 g/mol. The molecule has 0 bridgehead atoms. The summed E-state index contributed by atoms with van der Waals surface area (Å²) >= 11 is 6.22. The van der Waals surface area contributed by atoms with Crippen LogP contribution in [0.25, 0.3) is 0 Å². The van der Waals surface area contributed by atoms with Gasteiger partial charge in [-0.25, -0.2) is 0 Å². The molecule has 5 nitrogen and oxygen atoms in total. The summed E-state index contributed by atoms with van der Waals surface area (Å²) in [5.74, 6) is 1.84. The van der Waals surface area contributed by atoms with Crippen LogP contribution in [-0.2, 0) is 0 Å². The summed E-state index contributed by atoms with van der Waals surface area (Å²) in [6, 6.07) is 10.5. The molecule has 0 aromatic heterocycles. The van der Waals surface area contributed by atoms with Crippen LogP contribution in [0.1, 0.15) is 49.2 Å². The van der Waals surface area contributed by atoms with Gasteiger partial charge in [-0.15, -0.1) is 0 Å². The van der Waals surface area contributed by atoms with E-state index in [4.69, 9.17) is 25.8 Å². The zero-order chi connectivity index (χ0) is 19.6. The van der Waals surface area contributed by atoms with Gasteiger partial charge in [0.15, 0.2) is 0 Å². The predicted octanol–water partition coefficient (Wildman–Crippen LogP) is 4.78. The SMILES string of the molecule is CCOc1ccc(C(=O)NC2CC(C)(C)Oc3ccc(OC)cc32)cc1Cl. The Balaban J connectivity index is 1.86. The van der Waals surface area contributed by atoms with Crippen molar-refractivity contribution in [2.45, 2.75) is 38.8 Å². The fourth-order valence-electron chi connectivity index (χ4n) is 3.24. The second-order valence-electron chi connectivity index (χ2n) is 7.07. The maximum atomic E-state index is 12.8. The molecule has 0 spiro atoms. The molecule has 0 saturated heterocycles. The third-order valence-electron chi connectivity index (χ3n) is 4.47. The molecule has 1 heterocycles. The Labute approximate surface area is 164 Å². The molecule has 1 unspecified atom stereocenters. The molecular formula is C21H24ClNO4. The number of hydrogen-bond acceptors (Lipinski definition) is 4. The van der Waals surface area contributed by atoms with Gasteiger partial charge in [0, 0.05) is 17.5 Å². The number of amides is 1. The first-order chi connectivity index (χ1) is 12.8. The number of halogens is 1. The summed E-state index contributed by atoms with van der Waals surface area (Å²) in [7, 11) is 1.62. The Morgan fingerprint density at radius 1 is 1.30 bits per heavy atom. The van der Waals surface area contributed by atoms with Crippen LogP contribution in [0.3, 0.4) is 0 Å². The van der Waals surface area contributed by atoms with E-state index in [9.17, 15) is 4.79 Å². The molecule has 1 amide bonds. The van der Waals surface area contributed by atoms with Gasteiger partial charge in [-0.1, -0.05) is 11.6 Å². The van der Waals surface area contributed by atoms with Crippen molar-refractivity contribution >= 4 is 17.5 Å². The normalized spacial score (nSPS) is 17.4. The minimum Gasteiger partial charge on any atom is -0.497 e. The topological polar surface area (TPSA) is 56.8 Å². The summed E-state index contributed by atoms with van der Waals surface area (Å²) in [5, 5.41) is 3.52. The minimum absolute atomic E-state index is 0.198. The number of hydrogen-bond donors (Lipinski definition) is 1. The summed E-state index contributed by atoms with van der Waals surface area (Å²) in [5.41, 5.74) is 0.993. The second-order valence-corrected chi connectivity index (χ2v) is 7.48. The first-order valence-electron chi connectivity index (χ1n) is 8.93. The number of rotatable bonds is 5. The van der Waals surface area contributed by atoms with Crippen LogP contribution in [0.15, 0.2) is 36.4 Å². The largest absolute Gasteiger partial charge is 0.497 e. The van der Waals surface area contributed by atoms with Crippen LogP contribution >= 0.6 is 11.6 Å². The Bertz CT molecular complexity index is 850. The van der Waals surface area contributed by atoms with Crippen LogP contribution in [0.4, 0.5) is 0 Å². The van der Waals surface area contributed by atoms with Crippen molar-refractivity contribution < 1.29 is 19.0 Å². The van der Waals surface area contributed by atoms with E-state index in [0.29, 0.717) is 29.4 Å². The monoisotopic (exact) mass is 389 g/mol. The third kappa shape index (κ3) is 4.30. The summed E-state index contributed by atoms with van der Waals surface area (Å²) in [4.78, 5) is 12.8. The van der Waals surface area contributed by atoms with Gasteiger partial charge >= 0.3 is 0 Å². The van der Waals surface area contributed by atoms with Crippen LogP contribution in [0.2, 0.25) is 5.02 Å². The Kier molecular flexibility index (Phi) is 5.51. The number of carbonyl (C=O) groups excluding carboxylic acids is 1. The molecule has 0 fully saturated rings. The fourth-order valence-corrected chi connectivity index (χ4v) is 3.48. The van der Waals surface area contributed by atoms with Crippen LogP contribution in [0.5, 0.6) is 17.2 Å². The lowest BCUT2D eigenvalue weighted by atomic mass is 9.89. The summed E-state index contributed by atoms with van der Waals surface area (Å²) in [6.07, 6.45) is 0.643. The smallest absolute Gasteiger partial charge is 0.251 e. The van der Waals surface area contributed by atoms with Gasteiger partial charge in [-0.2, -0.15) is 0 Å². The van der Waals surface area contributed by atoms with Crippen LogP contribution in [0, 0.1) is 0 Å². The highest BCUT2D eigenvalue weighted by molar-refractivity contribution is 6.32. The van der Waals surface area contributed by atoms with Crippen molar-refractivity contribution in [2.24, 2.45) is 0 Å². The predicted molar refractivity (Wildman–Crippen MR) is 105 cm³/mol. The summed E-state index contributed by atoms with van der Waals surface area (Å²) in [6.45, 7) is 6.41. The van der Waals surface area contributed by atoms with Crippen molar-refractivity contribution in [1.82, 2.24) is 5.32 Å². The molecule has 1 aliphatic rings. The van der Waals surface area contributed by atoms with Crippen LogP contribution in [-0.4, -0.2) is 25.2 Å². The van der Waals surface area contributed by atoms with E-state index in [1.807, 2.05) is 39.0 Å². The van der Waals surface area contributed by atoms with Gasteiger partial charge in [-0.05, 0) is 57.2 Å². The molecule has 6 heteroatoms. The molecule has 1 atom stereocenters. The quantitative estimate of drug-likeness (QED) is 0.799. The van der Waals surface area contributed by atoms with E-state index in [2.05, 4.69) is 5.32 Å². The lowest BCUT2D eigenvalue weighted by Crippen LogP contribution is -2.41. The third-order valence-corrected chi connectivity index (χ3v) is 4.77. The van der Waals surface area contributed by atoms with Gasteiger partial charge in [0.05, 0.1) is 24.8 Å². The lowest BCUT2D eigenvalue weighted by molar-refractivity contribution is 0.0618. The van der Waals surface area contributed by atoms with E-state index in [0.717, 1.165) is 17.1 Å². The Morgan fingerprint density at radius 2 is 2.07 bits per heavy atom.